The summed E-state index contributed by atoms with van der Waals surface area (Å²) in [5.41, 5.74) is 0.155. The lowest BCUT2D eigenvalue weighted by Crippen LogP contribution is -2.40. The average Bonchev–Trinajstić information content (AvgIpc) is 2.72. The third-order valence-electron chi connectivity index (χ3n) is 2.19. The van der Waals surface area contributed by atoms with Crippen molar-refractivity contribution in [2.45, 2.75) is 32.7 Å². The number of hydrogen-bond donors (Lipinski definition) is 2. The number of nitrogens with zero attached hydrogens (tertiary/aromatic N) is 1. The molecule has 1 atom stereocenters. The molecule has 1 aromatic heterocycles. The molecule has 1 rings (SSSR count). The number of aliphatic carboxylic acids is 1. The second-order valence-electron chi connectivity index (χ2n) is 3.25. The number of oxazole rings is 1. The van der Waals surface area contributed by atoms with Gasteiger partial charge in [-0.25, -0.2) is 9.78 Å². The summed E-state index contributed by atoms with van der Waals surface area (Å²) >= 11 is 0. The molecule has 0 radical (unpaired) electrons. The van der Waals surface area contributed by atoms with Crippen LogP contribution in [0, 0.1) is 0 Å². The highest BCUT2D eigenvalue weighted by Crippen LogP contribution is 2.07. The van der Waals surface area contributed by atoms with Gasteiger partial charge >= 0.3 is 5.97 Å². The molecule has 1 unspecified atom stereocenters. The van der Waals surface area contributed by atoms with Crippen LogP contribution in [0.4, 0.5) is 0 Å². The molecule has 16 heavy (non-hydrogen) atoms. The predicted octanol–water partition coefficient (Wildman–Crippen LogP) is 0.830. The topological polar surface area (TPSA) is 92.4 Å². The summed E-state index contributed by atoms with van der Waals surface area (Å²) in [4.78, 5) is 26.2. The maximum absolute atomic E-state index is 11.7. The van der Waals surface area contributed by atoms with E-state index >= 15 is 0 Å². The Bertz CT molecular complexity index is 386. The van der Waals surface area contributed by atoms with Crippen LogP contribution in [0.15, 0.2) is 10.8 Å². The second-order valence-corrected chi connectivity index (χ2v) is 3.25. The summed E-state index contributed by atoms with van der Waals surface area (Å²) in [6.07, 6.45) is 2.03. The van der Waals surface area contributed by atoms with Crippen LogP contribution in [0.5, 0.6) is 0 Å². The van der Waals surface area contributed by atoms with Crippen molar-refractivity contribution in [1.82, 2.24) is 10.3 Å². The van der Waals surface area contributed by atoms with Crippen LogP contribution in [0.2, 0.25) is 0 Å². The maximum Gasteiger partial charge on any atom is 0.326 e. The van der Waals surface area contributed by atoms with E-state index < -0.39 is 17.9 Å². The van der Waals surface area contributed by atoms with E-state index in [1.54, 1.807) is 6.92 Å². The van der Waals surface area contributed by atoms with Crippen LogP contribution >= 0.6 is 0 Å². The van der Waals surface area contributed by atoms with Gasteiger partial charge in [-0.1, -0.05) is 13.8 Å². The van der Waals surface area contributed by atoms with Crippen LogP contribution in [0.3, 0.4) is 0 Å². The molecular formula is C10H14N2O4. The van der Waals surface area contributed by atoms with Gasteiger partial charge in [-0.2, -0.15) is 0 Å². The number of aromatic nitrogens is 1. The molecule has 0 bridgehead atoms. The Hall–Kier alpha value is -1.85. The molecule has 1 heterocycles. The quantitative estimate of drug-likeness (QED) is 0.775. The fourth-order valence-electron chi connectivity index (χ4n) is 1.27. The molecule has 0 saturated heterocycles. The second kappa shape index (κ2) is 5.29. The van der Waals surface area contributed by atoms with Gasteiger partial charge in [0, 0.05) is 6.42 Å². The first-order valence-electron chi connectivity index (χ1n) is 5.06. The molecule has 1 aromatic rings. The Balaban J connectivity index is 2.75. The number of hydrogen-bond acceptors (Lipinski definition) is 4. The number of nitrogens with one attached hydrogen (secondary N) is 1. The Morgan fingerprint density at radius 3 is 2.75 bits per heavy atom. The summed E-state index contributed by atoms with van der Waals surface area (Å²) in [5.74, 6) is -1.12. The molecule has 0 spiro atoms. The Labute approximate surface area is 92.7 Å². The molecule has 1 amide bonds. The van der Waals surface area contributed by atoms with Crippen molar-refractivity contribution in [3.63, 3.8) is 0 Å². The number of carboxylic acid groups (broad SMARTS) is 1. The standard InChI is InChI=1S/C10H14N2O4/c1-3-6(10(14)15)12-9(13)8-7(4-2)16-5-11-8/h5-6H,3-4H2,1-2H3,(H,12,13)(H,14,15). The van der Waals surface area contributed by atoms with E-state index in [1.807, 2.05) is 6.92 Å². The number of aryl methyl sites for hydroxylation is 1. The molecule has 0 aliphatic heterocycles. The zero-order chi connectivity index (χ0) is 12.1. The summed E-state index contributed by atoms with van der Waals surface area (Å²) in [7, 11) is 0. The van der Waals surface area contributed by atoms with Crippen LogP contribution in [-0.4, -0.2) is 28.0 Å². The third kappa shape index (κ3) is 2.59. The van der Waals surface area contributed by atoms with Gasteiger partial charge in [0.05, 0.1) is 0 Å². The zero-order valence-corrected chi connectivity index (χ0v) is 9.19. The number of carboxylic acids is 1. The van der Waals surface area contributed by atoms with Crippen LogP contribution < -0.4 is 5.32 Å². The predicted molar refractivity (Wildman–Crippen MR) is 55.1 cm³/mol. The summed E-state index contributed by atoms with van der Waals surface area (Å²) in [5, 5.41) is 11.2. The van der Waals surface area contributed by atoms with E-state index in [0.717, 1.165) is 0 Å². The number of rotatable bonds is 5. The molecule has 0 aliphatic carbocycles. The molecule has 6 heteroatoms. The lowest BCUT2D eigenvalue weighted by molar-refractivity contribution is -0.139. The molecule has 88 valence electrons. The van der Waals surface area contributed by atoms with E-state index in [9.17, 15) is 9.59 Å². The van der Waals surface area contributed by atoms with Crippen molar-refractivity contribution in [2.75, 3.05) is 0 Å². The van der Waals surface area contributed by atoms with Gasteiger partial charge < -0.3 is 14.8 Å². The van der Waals surface area contributed by atoms with Crippen LogP contribution in [-0.2, 0) is 11.2 Å². The SMILES string of the molecule is CCc1ocnc1C(=O)NC(CC)C(=O)O. The first kappa shape index (κ1) is 12.2. The Kier molecular flexibility index (Phi) is 4.04. The number of amides is 1. The van der Waals surface area contributed by atoms with E-state index in [2.05, 4.69) is 10.3 Å². The molecule has 0 aromatic carbocycles. The van der Waals surface area contributed by atoms with Crippen molar-refractivity contribution in [2.24, 2.45) is 0 Å². The number of carbonyl (C=O) groups excluding carboxylic acids is 1. The highest BCUT2D eigenvalue weighted by atomic mass is 16.4. The summed E-state index contributed by atoms with van der Waals surface area (Å²) in [6.45, 7) is 3.51. The first-order valence-corrected chi connectivity index (χ1v) is 5.06. The minimum Gasteiger partial charge on any atom is -0.480 e. The first-order chi connectivity index (χ1) is 7.60. The molecule has 0 fully saturated rings. The monoisotopic (exact) mass is 226 g/mol. The van der Waals surface area contributed by atoms with E-state index in [0.29, 0.717) is 18.6 Å². The maximum atomic E-state index is 11.7. The zero-order valence-electron chi connectivity index (χ0n) is 9.19. The van der Waals surface area contributed by atoms with E-state index in [-0.39, 0.29) is 5.69 Å². The fourth-order valence-corrected chi connectivity index (χ4v) is 1.27. The van der Waals surface area contributed by atoms with Gasteiger partial charge in [0.25, 0.3) is 5.91 Å². The highest BCUT2D eigenvalue weighted by Gasteiger charge is 2.22. The smallest absolute Gasteiger partial charge is 0.326 e. The molecule has 2 N–H and O–H groups in total. The van der Waals surface area contributed by atoms with Crippen molar-refractivity contribution in [3.8, 4) is 0 Å². The molecule has 0 aliphatic rings. The van der Waals surface area contributed by atoms with Crippen LogP contribution in [0.1, 0.15) is 36.5 Å². The largest absolute Gasteiger partial charge is 0.480 e. The van der Waals surface area contributed by atoms with Crippen molar-refractivity contribution >= 4 is 11.9 Å². The van der Waals surface area contributed by atoms with E-state index in [4.69, 9.17) is 9.52 Å². The Morgan fingerprint density at radius 1 is 1.56 bits per heavy atom. The Morgan fingerprint density at radius 2 is 2.25 bits per heavy atom. The van der Waals surface area contributed by atoms with Crippen molar-refractivity contribution in [1.29, 1.82) is 0 Å². The molecule has 0 saturated carbocycles. The van der Waals surface area contributed by atoms with Crippen molar-refractivity contribution in [3.05, 3.63) is 17.8 Å². The third-order valence-corrected chi connectivity index (χ3v) is 2.19. The van der Waals surface area contributed by atoms with Gasteiger partial charge in [0.15, 0.2) is 12.1 Å². The molecular weight excluding hydrogens is 212 g/mol. The normalized spacial score (nSPS) is 12.1. The lowest BCUT2D eigenvalue weighted by Gasteiger charge is -2.10. The minimum atomic E-state index is -1.06. The summed E-state index contributed by atoms with van der Waals surface area (Å²) in [6, 6.07) is -0.895. The van der Waals surface area contributed by atoms with Gasteiger partial charge in [0.1, 0.15) is 11.8 Å². The lowest BCUT2D eigenvalue weighted by atomic mass is 10.2. The summed E-state index contributed by atoms with van der Waals surface area (Å²) < 4.78 is 4.99. The van der Waals surface area contributed by atoms with Crippen molar-refractivity contribution < 1.29 is 19.1 Å². The van der Waals surface area contributed by atoms with Gasteiger partial charge in [-0.05, 0) is 6.42 Å². The van der Waals surface area contributed by atoms with Gasteiger partial charge in [0.2, 0.25) is 0 Å². The fraction of sp³-hybridized carbons (Fsp3) is 0.500. The average molecular weight is 226 g/mol. The van der Waals surface area contributed by atoms with Gasteiger partial charge in [-0.15, -0.1) is 0 Å². The van der Waals surface area contributed by atoms with Crippen LogP contribution in [0.25, 0.3) is 0 Å². The highest BCUT2D eigenvalue weighted by molar-refractivity contribution is 5.95. The minimum absolute atomic E-state index is 0.155. The van der Waals surface area contributed by atoms with E-state index in [1.165, 1.54) is 6.39 Å². The number of carbonyl (C=O) groups is 2. The van der Waals surface area contributed by atoms with Gasteiger partial charge in [-0.3, -0.25) is 4.79 Å². The molecule has 6 nitrogen and oxygen atoms in total.